The third-order valence-corrected chi connectivity index (χ3v) is 3.23. The summed E-state index contributed by atoms with van der Waals surface area (Å²) in [5.74, 6) is 0. The van der Waals surface area contributed by atoms with Crippen LogP contribution in [0.15, 0.2) is 24.3 Å². The summed E-state index contributed by atoms with van der Waals surface area (Å²) in [6.45, 7) is 7.66. The zero-order valence-corrected chi connectivity index (χ0v) is 11.9. The average molecular weight is 231 g/mol. The number of allylic oxidation sites excluding steroid dienone is 1. The second kappa shape index (κ2) is 6.61. The monoisotopic (exact) mass is 231 g/mol. The van der Waals surface area contributed by atoms with Gasteiger partial charge in [-0.1, -0.05) is 31.2 Å². The van der Waals surface area contributed by atoms with Crippen molar-refractivity contribution in [3.8, 4) is 0 Å². The van der Waals surface area contributed by atoms with E-state index < -0.39 is 0 Å². The lowest BCUT2D eigenvalue weighted by Crippen LogP contribution is -2.13. The van der Waals surface area contributed by atoms with E-state index in [0.717, 1.165) is 19.4 Å². The molecule has 1 rings (SSSR count). The predicted octanol–water partition coefficient (Wildman–Crippen LogP) is 3.91. The minimum atomic E-state index is 1.11. The molecule has 1 aromatic carbocycles. The molecule has 1 nitrogen and oxygen atoms in total. The van der Waals surface area contributed by atoms with E-state index in [1.807, 2.05) is 0 Å². The summed E-state index contributed by atoms with van der Waals surface area (Å²) < 4.78 is 0. The van der Waals surface area contributed by atoms with Gasteiger partial charge >= 0.3 is 0 Å². The first-order valence-corrected chi connectivity index (χ1v) is 6.48. The molecule has 0 bridgehead atoms. The van der Waals surface area contributed by atoms with Gasteiger partial charge in [-0.3, -0.25) is 0 Å². The third kappa shape index (κ3) is 4.01. The van der Waals surface area contributed by atoms with Gasteiger partial charge < -0.3 is 4.90 Å². The van der Waals surface area contributed by atoms with Crippen molar-refractivity contribution in [2.75, 3.05) is 20.6 Å². The van der Waals surface area contributed by atoms with Gasteiger partial charge in [0, 0.05) is 6.54 Å². The highest BCUT2D eigenvalue weighted by atomic mass is 15.0. The maximum atomic E-state index is 2.35. The summed E-state index contributed by atoms with van der Waals surface area (Å²) in [5.41, 5.74) is 5.70. The Hall–Kier alpha value is -1.08. The highest BCUT2D eigenvalue weighted by Crippen LogP contribution is 2.23. The quantitative estimate of drug-likeness (QED) is 0.742. The topological polar surface area (TPSA) is 3.24 Å². The van der Waals surface area contributed by atoms with Crippen LogP contribution in [0.25, 0.3) is 5.57 Å². The van der Waals surface area contributed by atoms with E-state index >= 15 is 0 Å². The molecular weight excluding hydrogens is 206 g/mol. The van der Waals surface area contributed by atoms with Crippen molar-refractivity contribution in [2.45, 2.75) is 33.6 Å². The van der Waals surface area contributed by atoms with Gasteiger partial charge in [0.2, 0.25) is 0 Å². The lowest BCUT2D eigenvalue weighted by Gasteiger charge is -2.15. The van der Waals surface area contributed by atoms with Crippen molar-refractivity contribution in [1.29, 1.82) is 0 Å². The maximum Gasteiger partial charge on any atom is 0.00158 e. The van der Waals surface area contributed by atoms with Crippen LogP contribution in [-0.2, 0) is 6.42 Å². The summed E-state index contributed by atoms with van der Waals surface area (Å²) in [4.78, 5) is 2.24. The average Bonchev–Trinajstić information content (AvgIpc) is 2.31. The highest BCUT2D eigenvalue weighted by Gasteiger charge is 2.06. The predicted molar refractivity (Wildman–Crippen MR) is 77.4 cm³/mol. The molecule has 0 atom stereocenters. The van der Waals surface area contributed by atoms with Crippen molar-refractivity contribution in [3.63, 3.8) is 0 Å². The normalized spacial score (nSPS) is 12.2. The first-order valence-electron chi connectivity index (χ1n) is 6.48. The summed E-state index contributed by atoms with van der Waals surface area (Å²) in [5, 5.41) is 0. The molecule has 0 fully saturated rings. The van der Waals surface area contributed by atoms with Gasteiger partial charge in [-0.25, -0.2) is 0 Å². The minimum Gasteiger partial charge on any atom is -0.309 e. The molecule has 0 heterocycles. The zero-order chi connectivity index (χ0) is 12.8. The molecule has 0 saturated heterocycles. The smallest absolute Gasteiger partial charge is 0.00158 e. The van der Waals surface area contributed by atoms with Gasteiger partial charge in [0.1, 0.15) is 0 Å². The molecule has 0 aliphatic heterocycles. The molecule has 0 unspecified atom stereocenters. The second-order valence-electron chi connectivity index (χ2n) is 4.87. The highest BCUT2D eigenvalue weighted by molar-refractivity contribution is 5.68. The molecule has 0 radical (unpaired) electrons. The molecule has 1 aromatic rings. The third-order valence-electron chi connectivity index (χ3n) is 3.23. The van der Waals surface area contributed by atoms with Gasteiger partial charge in [0.05, 0.1) is 0 Å². The summed E-state index contributed by atoms with van der Waals surface area (Å²) in [6, 6.07) is 6.83. The molecule has 0 saturated carbocycles. The molecule has 0 N–H and O–H groups in total. The van der Waals surface area contributed by atoms with Crippen LogP contribution >= 0.6 is 0 Å². The summed E-state index contributed by atoms with van der Waals surface area (Å²) in [6.07, 6.45) is 4.49. The van der Waals surface area contributed by atoms with Crippen molar-refractivity contribution in [2.24, 2.45) is 0 Å². The van der Waals surface area contributed by atoms with Crippen molar-refractivity contribution < 1.29 is 0 Å². The van der Waals surface area contributed by atoms with E-state index in [1.54, 1.807) is 0 Å². The first-order chi connectivity index (χ1) is 8.08. The van der Waals surface area contributed by atoms with Crippen LogP contribution in [0.5, 0.6) is 0 Å². The Morgan fingerprint density at radius 1 is 1.29 bits per heavy atom. The molecule has 1 heteroatoms. The number of hydrogen-bond donors (Lipinski definition) is 0. The molecule has 0 spiro atoms. The largest absolute Gasteiger partial charge is 0.309 e. The number of rotatable bonds is 5. The minimum absolute atomic E-state index is 1.11. The van der Waals surface area contributed by atoms with E-state index in [1.165, 1.54) is 22.3 Å². The molecular formula is C16H25N. The van der Waals surface area contributed by atoms with Crippen molar-refractivity contribution in [3.05, 3.63) is 41.0 Å². The maximum absolute atomic E-state index is 2.35. The first kappa shape index (κ1) is 14.0. The lowest BCUT2D eigenvalue weighted by molar-refractivity contribution is 0.419. The van der Waals surface area contributed by atoms with Crippen molar-refractivity contribution >= 4 is 5.57 Å². The number of hydrogen-bond acceptors (Lipinski definition) is 1. The Morgan fingerprint density at radius 3 is 2.53 bits per heavy atom. The van der Waals surface area contributed by atoms with E-state index in [0.29, 0.717) is 0 Å². The van der Waals surface area contributed by atoms with Crippen LogP contribution in [0.3, 0.4) is 0 Å². The van der Waals surface area contributed by atoms with Gasteiger partial charge in [-0.2, -0.15) is 0 Å². The number of benzene rings is 1. The van der Waals surface area contributed by atoms with Gasteiger partial charge in [0.15, 0.2) is 0 Å². The van der Waals surface area contributed by atoms with Crippen LogP contribution in [0, 0.1) is 6.92 Å². The van der Waals surface area contributed by atoms with Crippen LogP contribution in [0.4, 0.5) is 0 Å². The molecule has 0 aliphatic carbocycles. The van der Waals surface area contributed by atoms with Crippen LogP contribution in [0.1, 0.15) is 37.0 Å². The van der Waals surface area contributed by atoms with Gasteiger partial charge in [0.25, 0.3) is 0 Å². The van der Waals surface area contributed by atoms with Gasteiger partial charge in [-0.15, -0.1) is 0 Å². The SMILES string of the molecule is C/C=C(/CCN(C)C)c1cc(CC)ccc1C. The zero-order valence-electron chi connectivity index (χ0n) is 11.9. The summed E-state index contributed by atoms with van der Waals surface area (Å²) in [7, 11) is 4.26. The fourth-order valence-corrected chi connectivity index (χ4v) is 2.01. The molecule has 0 aliphatic rings. The molecule has 94 valence electrons. The van der Waals surface area contributed by atoms with Crippen molar-refractivity contribution in [1.82, 2.24) is 4.90 Å². The lowest BCUT2D eigenvalue weighted by atomic mass is 9.95. The molecule has 17 heavy (non-hydrogen) atoms. The Bertz CT molecular complexity index is 389. The Balaban J connectivity index is 2.95. The van der Waals surface area contributed by atoms with E-state index in [-0.39, 0.29) is 0 Å². The second-order valence-corrected chi connectivity index (χ2v) is 4.87. The Kier molecular flexibility index (Phi) is 5.43. The molecule has 0 aromatic heterocycles. The van der Waals surface area contributed by atoms with Crippen LogP contribution in [0.2, 0.25) is 0 Å². The number of nitrogens with zero attached hydrogens (tertiary/aromatic N) is 1. The van der Waals surface area contributed by atoms with E-state index in [4.69, 9.17) is 0 Å². The fourth-order valence-electron chi connectivity index (χ4n) is 2.01. The number of aryl methyl sites for hydroxylation is 2. The summed E-state index contributed by atoms with van der Waals surface area (Å²) >= 11 is 0. The van der Waals surface area contributed by atoms with E-state index in [2.05, 4.69) is 64.0 Å². The standard InChI is InChI=1S/C16H25N/c1-6-14-9-8-13(3)16(12-14)15(7-2)10-11-17(4)5/h7-9,12H,6,10-11H2,1-5H3/b15-7-. The fraction of sp³-hybridized carbons (Fsp3) is 0.500. The Labute approximate surface area is 106 Å². The molecule has 0 amide bonds. The Morgan fingerprint density at radius 2 is 2.00 bits per heavy atom. The van der Waals surface area contributed by atoms with Crippen LogP contribution in [-0.4, -0.2) is 25.5 Å². The van der Waals surface area contributed by atoms with E-state index in [9.17, 15) is 0 Å². The van der Waals surface area contributed by atoms with Gasteiger partial charge in [-0.05, 0) is 63.0 Å². The van der Waals surface area contributed by atoms with Crippen LogP contribution < -0.4 is 0 Å².